The van der Waals surface area contributed by atoms with E-state index in [1.807, 2.05) is 0 Å². The molecule has 1 aromatic carbocycles. The number of aliphatic hydroxyl groups is 1. The third-order valence-corrected chi connectivity index (χ3v) is 1.93. The number of rotatable bonds is 2. The summed E-state index contributed by atoms with van der Waals surface area (Å²) in [5.74, 6) is 4.56. The lowest BCUT2D eigenvalue weighted by atomic mass is 10.1. The molecule has 1 N–H and O–H groups in total. The van der Waals surface area contributed by atoms with Crippen LogP contribution >= 0.6 is 0 Å². The van der Waals surface area contributed by atoms with Gasteiger partial charge in [-0.15, -0.1) is 0 Å². The van der Waals surface area contributed by atoms with Gasteiger partial charge in [0, 0.05) is 5.92 Å². The molecule has 1 atom stereocenters. The smallest absolute Gasteiger partial charge is 0.384 e. The zero-order valence-corrected chi connectivity index (χ0v) is 9.06. The first-order valence-electron chi connectivity index (χ1n) is 4.59. The predicted octanol–water partition coefficient (Wildman–Crippen LogP) is 0.905. The van der Waals surface area contributed by atoms with Gasteiger partial charge >= 0.3 is 5.97 Å². The zero-order valence-electron chi connectivity index (χ0n) is 9.06. The molecule has 0 aliphatic heterocycles. The van der Waals surface area contributed by atoms with Gasteiger partial charge in [0.05, 0.1) is 14.2 Å². The van der Waals surface area contributed by atoms with Crippen LogP contribution in [0.3, 0.4) is 0 Å². The molecular weight excluding hydrogens is 208 g/mol. The fourth-order valence-corrected chi connectivity index (χ4v) is 1.05. The number of benzene rings is 1. The molecule has 1 aromatic rings. The second-order valence-corrected chi connectivity index (χ2v) is 2.94. The van der Waals surface area contributed by atoms with Crippen LogP contribution in [-0.2, 0) is 9.53 Å². The Morgan fingerprint density at radius 1 is 1.31 bits per heavy atom. The van der Waals surface area contributed by atoms with E-state index in [0.717, 1.165) is 0 Å². The van der Waals surface area contributed by atoms with Crippen molar-refractivity contribution in [1.29, 1.82) is 0 Å². The summed E-state index contributed by atoms with van der Waals surface area (Å²) >= 11 is 0. The van der Waals surface area contributed by atoms with E-state index in [2.05, 4.69) is 16.6 Å². The van der Waals surface area contributed by atoms with Crippen molar-refractivity contribution < 1.29 is 19.4 Å². The summed E-state index contributed by atoms with van der Waals surface area (Å²) in [6, 6.07) is 6.77. The van der Waals surface area contributed by atoms with Crippen LogP contribution in [0.5, 0.6) is 5.75 Å². The van der Waals surface area contributed by atoms with Gasteiger partial charge in [-0.25, -0.2) is 4.79 Å². The average Bonchev–Trinajstić information content (AvgIpc) is 2.35. The highest BCUT2D eigenvalue weighted by atomic mass is 16.5. The van der Waals surface area contributed by atoms with Gasteiger partial charge in [0.1, 0.15) is 11.9 Å². The zero-order chi connectivity index (χ0) is 12.0. The second-order valence-electron chi connectivity index (χ2n) is 2.94. The number of aliphatic hydroxyl groups excluding tert-OH is 1. The highest BCUT2D eigenvalue weighted by Gasteiger charge is 2.03. The maximum Gasteiger partial charge on any atom is 0.384 e. The molecular formula is C12H12O4. The first-order valence-corrected chi connectivity index (χ1v) is 4.59. The summed E-state index contributed by atoms with van der Waals surface area (Å²) in [6.45, 7) is 0. The Morgan fingerprint density at radius 3 is 2.44 bits per heavy atom. The van der Waals surface area contributed by atoms with Gasteiger partial charge in [-0.2, -0.15) is 0 Å². The van der Waals surface area contributed by atoms with E-state index in [9.17, 15) is 9.90 Å². The van der Waals surface area contributed by atoms with Crippen molar-refractivity contribution in [2.45, 2.75) is 6.10 Å². The van der Waals surface area contributed by atoms with Gasteiger partial charge in [-0.1, -0.05) is 18.1 Å². The standard InChI is InChI=1S/C12H12O4/c1-15-10-5-3-9(4-6-10)11(13)7-8-12(14)16-2/h3-6,11,13H,1-2H3/t11-/m0/s1. The Balaban J connectivity index is 2.75. The van der Waals surface area contributed by atoms with Gasteiger partial charge < -0.3 is 14.6 Å². The molecule has 0 unspecified atom stereocenters. The van der Waals surface area contributed by atoms with Crippen molar-refractivity contribution in [2.75, 3.05) is 14.2 Å². The Bertz CT molecular complexity index is 411. The van der Waals surface area contributed by atoms with Crippen LogP contribution in [0.2, 0.25) is 0 Å². The number of hydrogen-bond acceptors (Lipinski definition) is 4. The van der Waals surface area contributed by atoms with Crippen molar-refractivity contribution in [1.82, 2.24) is 0 Å². The predicted molar refractivity (Wildman–Crippen MR) is 57.7 cm³/mol. The minimum atomic E-state index is -1.01. The van der Waals surface area contributed by atoms with Gasteiger partial charge in [-0.05, 0) is 17.7 Å². The van der Waals surface area contributed by atoms with Crippen LogP contribution in [0.25, 0.3) is 0 Å². The first kappa shape index (κ1) is 12.1. The van der Waals surface area contributed by atoms with Crippen LogP contribution in [0, 0.1) is 11.8 Å². The van der Waals surface area contributed by atoms with Crippen LogP contribution in [0.15, 0.2) is 24.3 Å². The molecule has 0 spiro atoms. The van der Waals surface area contributed by atoms with E-state index in [0.29, 0.717) is 11.3 Å². The summed E-state index contributed by atoms with van der Waals surface area (Å²) in [5.41, 5.74) is 0.595. The van der Waals surface area contributed by atoms with Gasteiger partial charge in [-0.3, -0.25) is 0 Å². The molecule has 0 amide bonds. The molecule has 0 saturated heterocycles. The first-order chi connectivity index (χ1) is 7.67. The highest BCUT2D eigenvalue weighted by Crippen LogP contribution is 2.16. The van der Waals surface area contributed by atoms with Crippen molar-refractivity contribution in [3.8, 4) is 17.6 Å². The summed E-state index contributed by atoms with van der Waals surface area (Å²) in [7, 11) is 2.79. The van der Waals surface area contributed by atoms with E-state index in [1.54, 1.807) is 31.4 Å². The third kappa shape index (κ3) is 3.30. The summed E-state index contributed by atoms with van der Waals surface area (Å²) < 4.78 is 9.30. The molecule has 0 radical (unpaired) electrons. The Kier molecular flexibility index (Phi) is 4.37. The lowest BCUT2D eigenvalue weighted by Crippen LogP contribution is -1.98. The van der Waals surface area contributed by atoms with Gasteiger partial charge in [0.25, 0.3) is 0 Å². The topological polar surface area (TPSA) is 55.8 Å². The molecule has 0 fully saturated rings. The quantitative estimate of drug-likeness (QED) is 0.457. The lowest BCUT2D eigenvalue weighted by Gasteiger charge is -2.04. The molecule has 4 nitrogen and oxygen atoms in total. The molecule has 0 heterocycles. The van der Waals surface area contributed by atoms with E-state index in [1.165, 1.54) is 7.11 Å². The van der Waals surface area contributed by atoms with Crippen LogP contribution in [-0.4, -0.2) is 25.3 Å². The third-order valence-electron chi connectivity index (χ3n) is 1.93. The monoisotopic (exact) mass is 220 g/mol. The minimum Gasteiger partial charge on any atom is -0.497 e. The number of ether oxygens (including phenoxy) is 2. The van der Waals surface area contributed by atoms with Gasteiger partial charge in [0.2, 0.25) is 0 Å². The van der Waals surface area contributed by atoms with E-state index >= 15 is 0 Å². The normalized spacial score (nSPS) is 10.9. The molecule has 84 valence electrons. The maximum absolute atomic E-state index is 10.7. The molecule has 0 saturated carbocycles. The fourth-order valence-electron chi connectivity index (χ4n) is 1.05. The lowest BCUT2D eigenvalue weighted by molar-refractivity contribution is -0.133. The average molecular weight is 220 g/mol. The maximum atomic E-state index is 10.7. The Labute approximate surface area is 93.8 Å². The molecule has 0 aliphatic carbocycles. The van der Waals surface area contributed by atoms with E-state index in [4.69, 9.17) is 4.74 Å². The number of carbonyl (C=O) groups is 1. The summed E-state index contributed by atoms with van der Waals surface area (Å²) in [5, 5.41) is 9.61. The van der Waals surface area contributed by atoms with Gasteiger partial charge in [0.15, 0.2) is 0 Å². The SMILES string of the molecule is COC(=O)C#C[C@H](O)c1ccc(OC)cc1. The second kappa shape index (κ2) is 5.79. The molecule has 1 rings (SSSR count). The number of methoxy groups -OCH3 is 2. The van der Waals surface area contributed by atoms with Crippen LogP contribution in [0.1, 0.15) is 11.7 Å². The van der Waals surface area contributed by atoms with Crippen molar-refractivity contribution in [3.05, 3.63) is 29.8 Å². The Morgan fingerprint density at radius 2 is 1.94 bits per heavy atom. The van der Waals surface area contributed by atoms with Crippen molar-refractivity contribution in [3.63, 3.8) is 0 Å². The Hall–Kier alpha value is -1.99. The summed E-state index contributed by atoms with van der Waals surface area (Å²) in [6.07, 6.45) is -1.01. The minimum absolute atomic E-state index is 0.595. The molecule has 16 heavy (non-hydrogen) atoms. The van der Waals surface area contributed by atoms with Crippen molar-refractivity contribution >= 4 is 5.97 Å². The molecule has 4 heteroatoms. The fraction of sp³-hybridized carbons (Fsp3) is 0.250. The molecule has 0 aromatic heterocycles. The number of esters is 1. The highest BCUT2D eigenvalue weighted by molar-refractivity contribution is 5.88. The molecule has 0 aliphatic rings. The van der Waals surface area contributed by atoms with Crippen LogP contribution in [0.4, 0.5) is 0 Å². The number of hydrogen-bond donors (Lipinski definition) is 1. The van der Waals surface area contributed by atoms with Crippen LogP contribution < -0.4 is 4.74 Å². The molecule has 0 bridgehead atoms. The van der Waals surface area contributed by atoms with E-state index < -0.39 is 12.1 Å². The number of carbonyl (C=O) groups excluding carboxylic acids is 1. The summed E-state index contributed by atoms with van der Waals surface area (Å²) in [4.78, 5) is 10.7. The van der Waals surface area contributed by atoms with Crippen molar-refractivity contribution in [2.24, 2.45) is 0 Å². The largest absolute Gasteiger partial charge is 0.497 e. The van der Waals surface area contributed by atoms with E-state index in [-0.39, 0.29) is 0 Å².